The number of carbonyl (C=O) groups is 6. The summed E-state index contributed by atoms with van der Waals surface area (Å²) in [4.78, 5) is 74.8. The smallest absolute Gasteiger partial charge is 0.326 e. The normalized spacial score (nSPS) is 13.5. The summed E-state index contributed by atoms with van der Waals surface area (Å²) in [6.45, 7) is 2.71. The van der Waals surface area contributed by atoms with Crippen LogP contribution in [-0.2, 0) is 41.6 Å². The van der Waals surface area contributed by atoms with Crippen LogP contribution in [0, 0.1) is 5.92 Å². The summed E-state index contributed by atoms with van der Waals surface area (Å²) >= 11 is 0. The van der Waals surface area contributed by atoms with Gasteiger partial charge in [-0.2, -0.15) is 0 Å². The number of aromatic hydroxyl groups is 1. The second-order valence-corrected chi connectivity index (χ2v) is 10.6. The van der Waals surface area contributed by atoms with E-state index in [4.69, 9.17) is 11.5 Å². The van der Waals surface area contributed by atoms with Crippen LogP contribution < -0.4 is 32.7 Å². The fourth-order valence-electron chi connectivity index (χ4n) is 4.18. The van der Waals surface area contributed by atoms with E-state index in [9.17, 15) is 39.0 Å². The molecule has 0 aliphatic carbocycles. The van der Waals surface area contributed by atoms with E-state index < -0.39 is 72.1 Å². The van der Waals surface area contributed by atoms with Gasteiger partial charge in [-0.05, 0) is 42.0 Å². The summed E-state index contributed by atoms with van der Waals surface area (Å²) in [7, 11) is 0. The highest BCUT2D eigenvalue weighted by Gasteiger charge is 2.31. The summed E-state index contributed by atoms with van der Waals surface area (Å²) in [5.74, 6) is -5.33. The third-order valence-corrected chi connectivity index (χ3v) is 6.63. The SMILES string of the molecule is CC(C)[C@H](NC(=O)[C@H](Cc1ccccc1)NC(=O)[C@H](CCC(N)=O)NC(=O)CNC(=O)[C@@H](N)Cc1ccc(O)cc1)C(=O)O. The molecular formula is C30H40N6O8. The number of hydrogen-bond donors (Lipinski definition) is 8. The first kappa shape index (κ1) is 35.2. The Morgan fingerprint density at radius 2 is 1.36 bits per heavy atom. The van der Waals surface area contributed by atoms with E-state index in [1.807, 2.05) is 0 Å². The van der Waals surface area contributed by atoms with Gasteiger partial charge in [-0.25, -0.2) is 4.79 Å². The monoisotopic (exact) mass is 612 g/mol. The molecule has 0 bridgehead atoms. The van der Waals surface area contributed by atoms with Crippen molar-refractivity contribution in [3.8, 4) is 5.75 Å². The van der Waals surface area contributed by atoms with Gasteiger partial charge in [0.15, 0.2) is 0 Å². The molecule has 0 unspecified atom stereocenters. The van der Waals surface area contributed by atoms with Crippen molar-refractivity contribution in [2.75, 3.05) is 6.54 Å². The Labute approximate surface area is 254 Å². The Morgan fingerprint density at radius 1 is 0.773 bits per heavy atom. The second kappa shape index (κ2) is 17.2. The molecule has 10 N–H and O–H groups in total. The van der Waals surface area contributed by atoms with Gasteiger partial charge in [0.25, 0.3) is 0 Å². The maximum absolute atomic E-state index is 13.3. The maximum Gasteiger partial charge on any atom is 0.326 e. The maximum atomic E-state index is 13.3. The summed E-state index contributed by atoms with van der Waals surface area (Å²) in [5.41, 5.74) is 12.5. The van der Waals surface area contributed by atoms with Gasteiger partial charge < -0.3 is 42.9 Å². The van der Waals surface area contributed by atoms with Gasteiger partial charge in [-0.1, -0.05) is 56.3 Å². The van der Waals surface area contributed by atoms with Crippen LogP contribution in [0.1, 0.15) is 37.8 Å². The zero-order chi connectivity index (χ0) is 32.8. The van der Waals surface area contributed by atoms with Gasteiger partial charge in [0.1, 0.15) is 23.9 Å². The van der Waals surface area contributed by atoms with E-state index in [1.165, 1.54) is 12.1 Å². The van der Waals surface area contributed by atoms with Crippen molar-refractivity contribution in [2.45, 2.75) is 63.7 Å². The van der Waals surface area contributed by atoms with E-state index in [0.717, 1.165) is 0 Å². The third-order valence-electron chi connectivity index (χ3n) is 6.63. The predicted octanol–water partition coefficient (Wildman–Crippen LogP) is -0.919. The molecule has 2 aromatic rings. The molecule has 0 radical (unpaired) electrons. The van der Waals surface area contributed by atoms with Crippen molar-refractivity contribution in [3.63, 3.8) is 0 Å². The van der Waals surface area contributed by atoms with Crippen LogP contribution in [0.25, 0.3) is 0 Å². The summed E-state index contributed by atoms with van der Waals surface area (Å²) < 4.78 is 0. The lowest BCUT2D eigenvalue weighted by molar-refractivity contribution is -0.143. The number of benzene rings is 2. The highest BCUT2D eigenvalue weighted by atomic mass is 16.4. The molecule has 2 rings (SSSR count). The molecule has 0 spiro atoms. The second-order valence-electron chi connectivity index (χ2n) is 10.6. The number of carboxylic acids is 1. The molecule has 14 heteroatoms. The molecular weight excluding hydrogens is 572 g/mol. The Hall–Kier alpha value is -4.98. The standard InChI is InChI=1S/C30H40N6O8/c1-17(2)26(30(43)44)36-29(42)23(15-18-6-4-3-5-7-18)35-28(41)22(12-13-24(32)38)34-25(39)16-33-27(40)21(31)14-19-8-10-20(37)11-9-19/h3-11,17,21-23,26,37H,12-16,31H2,1-2H3,(H2,32,38)(H,33,40)(H,34,39)(H,35,41)(H,36,42)(H,43,44)/t21-,22-,23-,26-/m0/s1. The minimum absolute atomic E-state index is 0.00824. The molecule has 5 amide bonds. The summed E-state index contributed by atoms with van der Waals surface area (Å²) in [5, 5.41) is 28.7. The summed E-state index contributed by atoms with van der Waals surface area (Å²) in [6, 6.07) is 10.1. The van der Waals surface area contributed by atoms with Crippen LogP contribution in [0.3, 0.4) is 0 Å². The van der Waals surface area contributed by atoms with Gasteiger partial charge in [-0.3, -0.25) is 24.0 Å². The number of aliphatic carboxylic acids is 1. The minimum atomic E-state index is -1.32. The van der Waals surface area contributed by atoms with Crippen molar-refractivity contribution in [2.24, 2.45) is 17.4 Å². The third kappa shape index (κ3) is 12.1. The van der Waals surface area contributed by atoms with Crippen LogP contribution in [0.5, 0.6) is 5.75 Å². The number of carboxylic acid groups (broad SMARTS) is 1. The van der Waals surface area contributed by atoms with Crippen molar-refractivity contribution >= 4 is 35.5 Å². The van der Waals surface area contributed by atoms with Crippen LogP contribution >= 0.6 is 0 Å². The topological polar surface area (TPSA) is 243 Å². The Morgan fingerprint density at radius 3 is 1.93 bits per heavy atom. The van der Waals surface area contributed by atoms with Gasteiger partial charge in [0.05, 0.1) is 12.6 Å². The highest BCUT2D eigenvalue weighted by Crippen LogP contribution is 2.11. The van der Waals surface area contributed by atoms with Gasteiger partial charge in [0.2, 0.25) is 29.5 Å². The molecule has 0 aliphatic heterocycles. The molecule has 0 fully saturated rings. The van der Waals surface area contributed by atoms with Gasteiger partial charge >= 0.3 is 5.97 Å². The number of carbonyl (C=O) groups excluding carboxylic acids is 5. The largest absolute Gasteiger partial charge is 0.508 e. The van der Waals surface area contributed by atoms with Crippen molar-refractivity contribution < 1.29 is 39.0 Å². The number of rotatable bonds is 17. The fraction of sp³-hybridized carbons (Fsp3) is 0.400. The first-order chi connectivity index (χ1) is 20.8. The molecule has 0 aromatic heterocycles. The molecule has 0 heterocycles. The molecule has 14 nitrogen and oxygen atoms in total. The van der Waals surface area contributed by atoms with E-state index in [-0.39, 0.29) is 31.4 Å². The first-order valence-corrected chi connectivity index (χ1v) is 14.0. The van der Waals surface area contributed by atoms with Crippen molar-refractivity contribution in [1.29, 1.82) is 0 Å². The zero-order valence-corrected chi connectivity index (χ0v) is 24.6. The van der Waals surface area contributed by atoms with Crippen molar-refractivity contribution in [1.82, 2.24) is 21.3 Å². The lowest BCUT2D eigenvalue weighted by Crippen LogP contribution is -2.57. The van der Waals surface area contributed by atoms with Crippen LogP contribution in [0.2, 0.25) is 0 Å². The van der Waals surface area contributed by atoms with E-state index in [1.54, 1.807) is 56.3 Å². The van der Waals surface area contributed by atoms with Crippen LogP contribution in [0.4, 0.5) is 0 Å². The van der Waals surface area contributed by atoms with Gasteiger partial charge in [0, 0.05) is 12.8 Å². The molecule has 4 atom stereocenters. The molecule has 0 saturated carbocycles. The molecule has 2 aromatic carbocycles. The number of phenolic OH excluding ortho intramolecular Hbond substituents is 1. The zero-order valence-electron chi connectivity index (χ0n) is 24.6. The van der Waals surface area contributed by atoms with E-state index >= 15 is 0 Å². The average Bonchev–Trinajstić information content (AvgIpc) is 2.97. The predicted molar refractivity (Wildman–Crippen MR) is 160 cm³/mol. The number of phenols is 1. The number of nitrogens with two attached hydrogens (primary N) is 2. The van der Waals surface area contributed by atoms with Crippen LogP contribution in [0.15, 0.2) is 54.6 Å². The lowest BCUT2D eigenvalue weighted by Gasteiger charge is -2.25. The van der Waals surface area contributed by atoms with Gasteiger partial charge in [-0.15, -0.1) is 0 Å². The summed E-state index contributed by atoms with van der Waals surface area (Å²) in [6.07, 6.45) is -0.326. The highest BCUT2D eigenvalue weighted by molar-refractivity contribution is 5.95. The Balaban J connectivity index is 2.11. The van der Waals surface area contributed by atoms with E-state index in [2.05, 4.69) is 21.3 Å². The van der Waals surface area contributed by atoms with E-state index in [0.29, 0.717) is 11.1 Å². The molecule has 238 valence electrons. The first-order valence-electron chi connectivity index (χ1n) is 14.0. The number of amides is 5. The molecule has 44 heavy (non-hydrogen) atoms. The lowest BCUT2D eigenvalue weighted by atomic mass is 10.0. The molecule has 0 aliphatic rings. The number of nitrogens with one attached hydrogen (secondary N) is 4. The minimum Gasteiger partial charge on any atom is -0.508 e. The Bertz CT molecular complexity index is 1300. The Kier molecular flexibility index (Phi) is 13.8. The fourth-order valence-corrected chi connectivity index (χ4v) is 4.18. The quantitative estimate of drug-likeness (QED) is 0.110. The number of primary amides is 1. The van der Waals surface area contributed by atoms with Crippen LogP contribution in [-0.4, -0.2) is 76.4 Å². The average molecular weight is 613 g/mol. The molecule has 0 saturated heterocycles. The van der Waals surface area contributed by atoms with Crippen molar-refractivity contribution in [3.05, 3.63) is 65.7 Å². The number of hydrogen-bond acceptors (Lipinski definition) is 8.